The molecule has 0 aliphatic heterocycles. The topological polar surface area (TPSA) is 52.6 Å². The standard InChI is InChI=1S/C20H18O4/c1-14-17(12-23-19(21)15-8-4-2-5-9-15)18(14)13-24-20(22)16-10-6-3-7-11-16/h2-11,17-18H,1,12-13H2/t17-,18-/m0/s1. The highest BCUT2D eigenvalue weighted by Gasteiger charge is 2.44. The summed E-state index contributed by atoms with van der Waals surface area (Å²) >= 11 is 0. The second-order valence-electron chi connectivity index (χ2n) is 5.72. The van der Waals surface area contributed by atoms with Crippen LogP contribution in [0.2, 0.25) is 0 Å². The SMILES string of the molecule is C=C1[C@H](COC(=O)c2ccccc2)[C@H]1COC(=O)c1ccccc1. The molecule has 2 aromatic rings. The van der Waals surface area contributed by atoms with Gasteiger partial charge in [0.15, 0.2) is 0 Å². The minimum atomic E-state index is -0.352. The van der Waals surface area contributed by atoms with Crippen LogP contribution in [0.4, 0.5) is 0 Å². The Kier molecular flexibility index (Phi) is 4.75. The predicted molar refractivity (Wildman–Crippen MR) is 89.6 cm³/mol. The predicted octanol–water partition coefficient (Wildman–Crippen LogP) is 3.50. The molecule has 1 aliphatic carbocycles. The van der Waals surface area contributed by atoms with Gasteiger partial charge in [-0.3, -0.25) is 0 Å². The third kappa shape index (κ3) is 3.71. The molecule has 0 N–H and O–H groups in total. The van der Waals surface area contributed by atoms with E-state index >= 15 is 0 Å². The van der Waals surface area contributed by atoms with Gasteiger partial charge in [-0.1, -0.05) is 48.6 Å². The van der Waals surface area contributed by atoms with E-state index in [-0.39, 0.29) is 37.0 Å². The van der Waals surface area contributed by atoms with Crippen LogP contribution in [0.15, 0.2) is 72.8 Å². The first-order chi connectivity index (χ1) is 11.7. The van der Waals surface area contributed by atoms with Gasteiger partial charge in [-0.2, -0.15) is 0 Å². The molecule has 2 atom stereocenters. The molecule has 0 radical (unpaired) electrons. The molecule has 0 aromatic heterocycles. The summed E-state index contributed by atoms with van der Waals surface area (Å²) in [5, 5.41) is 0. The van der Waals surface area contributed by atoms with Crippen molar-refractivity contribution in [1.29, 1.82) is 0 Å². The number of ether oxygens (including phenoxy) is 2. The number of hydrogen-bond acceptors (Lipinski definition) is 4. The number of carbonyl (C=O) groups excluding carboxylic acids is 2. The summed E-state index contributed by atoms with van der Waals surface area (Å²) < 4.78 is 10.6. The highest BCUT2D eigenvalue weighted by atomic mass is 16.5. The van der Waals surface area contributed by atoms with Crippen LogP contribution >= 0.6 is 0 Å². The zero-order valence-electron chi connectivity index (χ0n) is 13.2. The van der Waals surface area contributed by atoms with E-state index in [0.29, 0.717) is 11.1 Å². The lowest BCUT2D eigenvalue weighted by Crippen LogP contribution is -2.11. The van der Waals surface area contributed by atoms with Crippen molar-refractivity contribution in [2.24, 2.45) is 11.8 Å². The Hall–Kier alpha value is -2.88. The van der Waals surface area contributed by atoms with Crippen LogP contribution in [-0.4, -0.2) is 25.2 Å². The van der Waals surface area contributed by atoms with E-state index in [1.165, 1.54) is 0 Å². The molecule has 0 bridgehead atoms. The fourth-order valence-corrected chi connectivity index (χ4v) is 2.54. The molecule has 122 valence electrons. The highest BCUT2D eigenvalue weighted by Crippen LogP contribution is 2.44. The van der Waals surface area contributed by atoms with Gasteiger partial charge >= 0.3 is 11.9 Å². The first-order valence-corrected chi connectivity index (χ1v) is 7.80. The molecular weight excluding hydrogens is 304 g/mol. The van der Waals surface area contributed by atoms with Gasteiger partial charge in [-0.05, 0) is 24.3 Å². The van der Waals surface area contributed by atoms with Crippen molar-refractivity contribution in [3.63, 3.8) is 0 Å². The van der Waals surface area contributed by atoms with Crippen LogP contribution in [-0.2, 0) is 9.47 Å². The zero-order chi connectivity index (χ0) is 16.9. The lowest BCUT2D eigenvalue weighted by Gasteiger charge is -2.05. The third-order valence-corrected chi connectivity index (χ3v) is 4.14. The summed E-state index contributed by atoms with van der Waals surface area (Å²) in [5.41, 5.74) is 2.00. The number of carbonyl (C=O) groups is 2. The van der Waals surface area contributed by atoms with Gasteiger partial charge in [0.25, 0.3) is 0 Å². The van der Waals surface area contributed by atoms with E-state index < -0.39 is 0 Å². The molecule has 0 saturated heterocycles. The molecule has 0 amide bonds. The second-order valence-corrected chi connectivity index (χ2v) is 5.72. The van der Waals surface area contributed by atoms with Gasteiger partial charge in [0.05, 0.1) is 24.3 Å². The summed E-state index contributed by atoms with van der Waals surface area (Å²) in [6.07, 6.45) is 0. The molecule has 1 aliphatic rings. The quantitative estimate of drug-likeness (QED) is 0.603. The van der Waals surface area contributed by atoms with Gasteiger partial charge in [0, 0.05) is 11.8 Å². The monoisotopic (exact) mass is 322 g/mol. The first-order valence-electron chi connectivity index (χ1n) is 7.80. The number of rotatable bonds is 6. The Morgan fingerprint density at radius 3 is 1.50 bits per heavy atom. The van der Waals surface area contributed by atoms with Crippen molar-refractivity contribution >= 4 is 11.9 Å². The molecule has 0 heterocycles. The second kappa shape index (κ2) is 7.13. The summed E-state index contributed by atoms with van der Waals surface area (Å²) in [7, 11) is 0. The Bertz CT molecular complexity index is 673. The van der Waals surface area contributed by atoms with Gasteiger partial charge < -0.3 is 9.47 Å². The first kappa shape index (κ1) is 16.0. The molecule has 3 rings (SSSR count). The fraction of sp³-hybridized carbons (Fsp3) is 0.200. The lowest BCUT2D eigenvalue weighted by atomic mass is 10.2. The van der Waals surface area contributed by atoms with E-state index in [1.54, 1.807) is 48.5 Å². The smallest absolute Gasteiger partial charge is 0.338 e. The number of esters is 2. The molecule has 1 saturated carbocycles. The molecule has 4 nitrogen and oxygen atoms in total. The van der Waals surface area contributed by atoms with Crippen molar-refractivity contribution < 1.29 is 19.1 Å². The highest BCUT2D eigenvalue weighted by molar-refractivity contribution is 5.89. The summed E-state index contributed by atoms with van der Waals surface area (Å²) in [6.45, 7) is 4.48. The maximum absolute atomic E-state index is 11.9. The molecule has 24 heavy (non-hydrogen) atoms. The van der Waals surface area contributed by atoms with Crippen molar-refractivity contribution in [3.8, 4) is 0 Å². The van der Waals surface area contributed by atoms with Crippen LogP contribution < -0.4 is 0 Å². The maximum Gasteiger partial charge on any atom is 0.338 e. The number of hydrogen-bond donors (Lipinski definition) is 0. The van der Waals surface area contributed by atoms with E-state index in [4.69, 9.17) is 9.47 Å². The van der Waals surface area contributed by atoms with Crippen LogP contribution in [0.5, 0.6) is 0 Å². The molecule has 0 unspecified atom stereocenters. The zero-order valence-corrected chi connectivity index (χ0v) is 13.2. The third-order valence-electron chi connectivity index (χ3n) is 4.14. The van der Waals surface area contributed by atoms with E-state index in [1.807, 2.05) is 12.1 Å². The lowest BCUT2D eigenvalue weighted by molar-refractivity contribution is 0.0419. The molecule has 0 spiro atoms. The van der Waals surface area contributed by atoms with Crippen LogP contribution in [0, 0.1) is 11.8 Å². The van der Waals surface area contributed by atoms with Gasteiger partial charge in [-0.15, -0.1) is 0 Å². The summed E-state index contributed by atoms with van der Waals surface area (Å²) in [5.74, 6) is -0.590. The Balaban J connectivity index is 1.44. The van der Waals surface area contributed by atoms with Crippen molar-refractivity contribution in [2.45, 2.75) is 0 Å². The normalized spacial score (nSPS) is 18.8. The Morgan fingerprint density at radius 1 is 0.750 bits per heavy atom. The van der Waals surface area contributed by atoms with Crippen molar-refractivity contribution in [1.82, 2.24) is 0 Å². The van der Waals surface area contributed by atoms with Gasteiger partial charge in [-0.25, -0.2) is 9.59 Å². The Morgan fingerprint density at radius 2 is 1.12 bits per heavy atom. The fourth-order valence-electron chi connectivity index (χ4n) is 2.54. The van der Waals surface area contributed by atoms with Crippen LogP contribution in [0.25, 0.3) is 0 Å². The van der Waals surface area contributed by atoms with Crippen molar-refractivity contribution in [2.75, 3.05) is 13.2 Å². The average molecular weight is 322 g/mol. The molecule has 4 heteroatoms. The van der Waals surface area contributed by atoms with E-state index in [2.05, 4.69) is 6.58 Å². The van der Waals surface area contributed by atoms with Gasteiger partial charge in [0.2, 0.25) is 0 Å². The minimum Gasteiger partial charge on any atom is -0.461 e. The average Bonchev–Trinajstić information content (AvgIpc) is 3.27. The minimum absolute atomic E-state index is 0.0567. The van der Waals surface area contributed by atoms with Crippen LogP contribution in [0.3, 0.4) is 0 Å². The Labute approximate surface area is 140 Å². The molecule has 2 aromatic carbocycles. The largest absolute Gasteiger partial charge is 0.461 e. The molecule has 1 fully saturated rings. The summed E-state index contributed by atoms with van der Waals surface area (Å²) in [6, 6.07) is 17.7. The van der Waals surface area contributed by atoms with E-state index in [0.717, 1.165) is 5.57 Å². The number of benzene rings is 2. The molecular formula is C20H18O4. The van der Waals surface area contributed by atoms with Crippen molar-refractivity contribution in [3.05, 3.63) is 83.9 Å². The van der Waals surface area contributed by atoms with Crippen LogP contribution in [0.1, 0.15) is 20.7 Å². The van der Waals surface area contributed by atoms with Gasteiger partial charge in [0.1, 0.15) is 0 Å². The summed E-state index contributed by atoms with van der Waals surface area (Å²) in [4.78, 5) is 23.8. The maximum atomic E-state index is 11.9. The van der Waals surface area contributed by atoms with E-state index in [9.17, 15) is 9.59 Å².